The largest absolute Gasteiger partial charge is 0.367 e. The second-order valence-electron chi connectivity index (χ2n) is 5.59. The Bertz CT molecular complexity index is 839. The Morgan fingerprint density at radius 2 is 2.09 bits per heavy atom. The number of aromatic nitrogens is 3. The van der Waals surface area contributed by atoms with Crippen LogP contribution in [0.5, 0.6) is 0 Å². The van der Waals surface area contributed by atoms with Gasteiger partial charge in [-0.25, -0.2) is 18.7 Å². The lowest BCUT2D eigenvalue weighted by atomic mass is 10.1. The lowest BCUT2D eigenvalue weighted by Gasteiger charge is -2.09. The zero-order valence-electron chi connectivity index (χ0n) is 11.8. The lowest BCUT2D eigenvalue weighted by molar-refractivity contribution is 0.509. The third kappa shape index (κ3) is 2.41. The fourth-order valence-corrected chi connectivity index (χ4v) is 2.41. The van der Waals surface area contributed by atoms with E-state index in [1.807, 2.05) is 10.6 Å². The molecule has 2 aromatic heterocycles. The molecule has 22 heavy (non-hydrogen) atoms. The van der Waals surface area contributed by atoms with Crippen LogP contribution in [0, 0.1) is 17.6 Å². The van der Waals surface area contributed by atoms with Crippen molar-refractivity contribution in [1.29, 1.82) is 0 Å². The summed E-state index contributed by atoms with van der Waals surface area (Å²) in [6, 6.07) is 3.79. The number of rotatable bonds is 4. The summed E-state index contributed by atoms with van der Waals surface area (Å²) in [4.78, 5) is 8.82. The molecule has 0 atom stereocenters. The highest BCUT2D eigenvalue weighted by atomic mass is 19.2. The van der Waals surface area contributed by atoms with Crippen molar-refractivity contribution in [3.05, 3.63) is 48.4 Å². The quantitative estimate of drug-likeness (QED) is 0.802. The molecule has 0 aliphatic heterocycles. The molecule has 0 radical (unpaired) electrons. The first-order chi connectivity index (χ1) is 10.7. The molecule has 6 heteroatoms. The third-order valence-corrected chi connectivity index (χ3v) is 3.84. The molecule has 1 aliphatic rings. The van der Waals surface area contributed by atoms with Crippen LogP contribution < -0.4 is 5.32 Å². The Labute approximate surface area is 125 Å². The summed E-state index contributed by atoms with van der Waals surface area (Å²) in [6.45, 7) is 0.858. The number of benzene rings is 1. The van der Waals surface area contributed by atoms with E-state index in [2.05, 4.69) is 15.3 Å². The Morgan fingerprint density at radius 1 is 1.23 bits per heavy atom. The molecule has 0 spiro atoms. The molecule has 4 rings (SSSR count). The summed E-state index contributed by atoms with van der Waals surface area (Å²) in [5, 5.41) is 3.31. The van der Waals surface area contributed by atoms with E-state index < -0.39 is 11.6 Å². The number of hydrogen-bond acceptors (Lipinski definition) is 3. The molecule has 1 aromatic carbocycles. The number of fused-ring (bicyclic) bond motifs is 1. The van der Waals surface area contributed by atoms with Gasteiger partial charge in [0.05, 0.1) is 5.69 Å². The number of nitrogens with one attached hydrogen (secondary N) is 1. The van der Waals surface area contributed by atoms with Gasteiger partial charge in [-0.3, -0.25) is 0 Å². The number of imidazole rings is 1. The second kappa shape index (κ2) is 5.05. The van der Waals surface area contributed by atoms with Crippen LogP contribution in [0.4, 0.5) is 14.6 Å². The molecule has 4 nitrogen and oxygen atoms in total. The van der Waals surface area contributed by atoms with E-state index in [4.69, 9.17) is 0 Å². The van der Waals surface area contributed by atoms with Gasteiger partial charge in [-0.2, -0.15) is 0 Å². The van der Waals surface area contributed by atoms with Gasteiger partial charge < -0.3 is 9.72 Å². The zero-order valence-corrected chi connectivity index (χ0v) is 11.8. The van der Waals surface area contributed by atoms with E-state index in [-0.39, 0.29) is 0 Å². The fraction of sp³-hybridized carbons (Fsp3) is 0.250. The minimum Gasteiger partial charge on any atom is -0.367 e. The van der Waals surface area contributed by atoms with E-state index in [1.165, 1.54) is 18.9 Å². The summed E-state index contributed by atoms with van der Waals surface area (Å²) in [5.74, 6) is -0.375. The maximum Gasteiger partial charge on any atom is 0.180 e. The van der Waals surface area contributed by atoms with Crippen LogP contribution in [0.3, 0.4) is 0 Å². The van der Waals surface area contributed by atoms with Crippen LogP contribution >= 0.6 is 0 Å². The summed E-state index contributed by atoms with van der Waals surface area (Å²) in [6.07, 6.45) is 7.73. The topological polar surface area (TPSA) is 42.2 Å². The van der Waals surface area contributed by atoms with Crippen LogP contribution in [0.25, 0.3) is 16.9 Å². The van der Waals surface area contributed by atoms with Gasteiger partial charge in [0.15, 0.2) is 23.1 Å². The highest BCUT2D eigenvalue weighted by Crippen LogP contribution is 2.30. The standard InChI is InChI=1S/C16H14F2N4/c17-12-4-3-11(7-13(12)18)14-9-22-6-5-19-16(22)15(21-14)20-8-10-1-2-10/h3-7,9-10H,1-2,8H2,(H,20,21). The van der Waals surface area contributed by atoms with E-state index in [1.54, 1.807) is 12.4 Å². The van der Waals surface area contributed by atoms with Crippen molar-refractivity contribution in [2.24, 2.45) is 5.92 Å². The predicted molar refractivity (Wildman–Crippen MR) is 79.6 cm³/mol. The molecular formula is C16H14F2N4. The highest BCUT2D eigenvalue weighted by Gasteiger charge is 2.21. The lowest BCUT2D eigenvalue weighted by Crippen LogP contribution is -2.07. The van der Waals surface area contributed by atoms with Gasteiger partial charge in [0.1, 0.15) is 0 Å². The summed E-state index contributed by atoms with van der Waals surface area (Å²) in [7, 11) is 0. The van der Waals surface area contributed by atoms with Crippen molar-refractivity contribution in [2.75, 3.05) is 11.9 Å². The SMILES string of the molecule is Fc1ccc(-c2cn3ccnc3c(NCC3CC3)n2)cc1F. The van der Waals surface area contributed by atoms with E-state index in [0.717, 1.165) is 24.3 Å². The zero-order chi connectivity index (χ0) is 15.1. The molecule has 0 amide bonds. The Balaban J connectivity index is 1.77. The number of anilines is 1. The Hall–Kier alpha value is -2.50. The van der Waals surface area contributed by atoms with Crippen molar-refractivity contribution in [1.82, 2.24) is 14.4 Å². The summed E-state index contributed by atoms with van der Waals surface area (Å²) < 4.78 is 28.4. The molecule has 3 aromatic rings. The van der Waals surface area contributed by atoms with Crippen LogP contribution in [0.1, 0.15) is 12.8 Å². The first-order valence-corrected chi connectivity index (χ1v) is 7.24. The number of nitrogens with zero attached hydrogens (tertiary/aromatic N) is 3. The van der Waals surface area contributed by atoms with Gasteiger partial charge in [0.2, 0.25) is 0 Å². The van der Waals surface area contributed by atoms with Gasteiger partial charge in [0.25, 0.3) is 0 Å². The second-order valence-corrected chi connectivity index (χ2v) is 5.59. The molecule has 0 saturated heterocycles. The van der Waals surface area contributed by atoms with Gasteiger partial charge >= 0.3 is 0 Å². The molecule has 0 unspecified atom stereocenters. The molecule has 112 valence electrons. The fourth-order valence-electron chi connectivity index (χ4n) is 2.41. The predicted octanol–water partition coefficient (Wildman–Crippen LogP) is 3.50. The van der Waals surface area contributed by atoms with E-state index in [0.29, 0.717) is 23.0 Å². The molecular weight excluding hydrogens is 286 g/mol. The molecule has 1 aliphatic carbocycles. The normalized spacial score (nSPS) is 14.5. The molecule has 1 saturated carbocycles. The molecule has 0 bridgehead atoms. The molecule has 1 fully saturated rings. The smallest absolute Gasteiger partial charge is 0.180 e. The van der Waals surface area contributed by atoms with E-state index in [9.17, 15) is 8.78 Å². The van der Waals surface area contributed by atoms with Crippen molar-refractivity contribution < 1.29 is 8.78 Å². The van der Waals surface area contributed by atoms with Crippen molar-refractivity contribution in [3.8, 4) is 11.3 Å². The maximum atomic E-state index is 13.4. The van der Waals surface area contributed by atoms with Gasteiger partial charge in [-0.1, -0.05) is 0 Å². The molecule has 1 N–H and O–H groups in total. The van der Waals surface area contributed by atoms with Crippen LogP contribution in [-0.2, 0) is 0 Å². The Kier molecular flexibility index (Phi) is 3.03. The van der Waals surface area contributed by atoms with Gasteiger partial charge in [-0.05, 0) is 37.0 Å². The van der Waals surface area contributed by atoms with Crippen molar-refractivity contribution in [3.63, 3.8) is 0 Å². The number of hydrogen-bond donors (Lipinski definition) is 1. The number of halogens is 2. The average molecular weight is 300 g/mol. The van der Waals surface area contributed by atoms with Crippen LogP contribution in [0.15, 0.2) is 36.8 Å². The third-order valence-electron chi connectivity index (χ3n) is 3.84. The summed E-state index contributed by atoms with van der Waals surface area (Å²) >= 11 is 0. The summed E-state index contributed by atoms with van der Waals surface area (Å²) in [5.41, 5.74) is 1.83. The van der Waals surface area contributed by atoms with Crippen LogP contribution in [0.2, 0.25) is 0 Å². The minimum atomic E-state index is -0.877. The average Bonchev–Trinajstić information content (AvgIpc) is 3.22. The van der Waals surface area contributed by atoms with Crippen molar-refractivity contribution in [2.45, 2.75) is 12.8 Å². The molecule has 2 heterocycles. The van der Waals surface area contributed by atoms with Gasteiger partial charge in [-0.15, -0.1) is 0 Å². The highest BCUT2D eigenvalue weighted by molar-refractivity contribution is 5.69. The van der Waals surface area contributed by atoms with Gasteiger partial charge in [0, 0.05) is 30.7 Å². The first-order valence-electron chi connectivity index (χ1n) is 7.24. The van der Waals surface area contributed by atoms with Crippen molar-refractivity contribution >= 4 is 11.5 Å². The maximum absolute atomic E-state index is 13.4. The van der Waals surface area contributed by atoms with Crippen LogP contribution in [-0.4, -0.2) is 20.9 Å². The first kappa shape index (κ1) is 13.2. The van der Waals surface area contributed by atoms with E-state index >= 15 is 0 Å². The minimum absolute atomic E-state index is 0.531. The monoisotopic (exact) mass is 300 g/mol. The Morgan fingerprint density at radius 3 is 2.86 bits per heavy atom.